The molecule has 0 aliphatic carbocycles. The molecule has 0 heterocycles. The quantitative estimate of drug-likeness (QED) is 0.319. The minimum atomic E-state index is -0.611. The molecule has 0 radical (unpaired) electrons. The maximum absolute atomic E-state index is 13.0. The van der Waals surface area contributed by atoms with E-state index in [0.29, 0.717) is 32.3 Å². The molecule has 3 aromatic rings. The summed E-state index contributed by atoms with van der Waals surface area (Å²) >= 11 is 7.71. The van der Waals surface area contributed by atoms with Gasteiger partial charge in [-0.2, -0.15) is 5.26 Å². The average Bonchev–Trinajstić information content (AvgIpc) is 2.84. The third kappa shape index (κ3) is 5.67. The number of amides is 1. The van der Waals surface area contributed by atoms with Crippen molar-refractivity contribution < 1.29 is 9.59 Å². The Balaban J connectivity index is 2.03. The van der Waals surface area contributed by atoms with Crippen molar-refractivity contribution in [2.45, 2.75) is 12.3 Å². The van der Waals surface area contributed by atoms with Gasteiger partial charge in [0.15, 0.2) is 5.78 Å². The van der Waals surface area contributed by atoms with Crippen LogP contribution in [0.4, 0.5) is 0 Å². The maximum Gasteiger partial charge on any atom is 0.256 e. The van der Waals surface area contributed by atoms with E-state index in [0.717, 1.165) is 0 Å². The first-order valence-corrected chi connectivity index (χ1v) is 11.5. The Morgan fingerprint density at radius 1 is 0.938 bits per heavy atom. The molecule has 0 aliphatic heterocycles. The SMILES string of the molecule is CS/C(NC(=O)c1ccccc1)=C(\C#N)[C@@H](CC(=O)c1ccccc1)c1ccccc1Cl. The number of nitrogens with one attached hydrogen (secondary N) is 1. The zero-order chi connectivity index (χ0) is 22.9. The highest BCUT2D eigenvalue weighted by atomic mass is 35.5. The van der Waals surface area contributed by atoms with Gasteiger partial charge in [0, 0.05) is 28.5 Å². The second-order valence-corrected chi connectivity index (χ2v) is 8.17. The summed E-state index contributed by atoms with van der Waals surface area (Å²) in [4.78, 5) is 25.8. The van der Waals surface area contributed by atoms with Crippen molar-refractivity contribution in [3.8, 4) is 6.07 Å². The molecule has 1 amide bonds. The number of halogens is 1. The summed E-state index contributed by atoms with van der Waals surface area (Å²) in [5.74, 6) is -1.05. The molecular weight excluding hydrogens is 440 g/mol. The molecule has 1 N–H and O–H groups in total. The molecule has 0 aliphatic rings. The van der Waals surface area contributed by atoms with E-state index in [1.54, 1.807) is 73.0 Å². The lowest BCUT2D eigenvalue weighted by Gasteiger charge is -2.20. The van der Waals surface area contributed by atoms with Crippen LogP contribution in [0.25, 0.3) is 0 Å². The molecule has 1 atom stereocenters. The fourth-order valence-corrected chi connectivity index (χ4v) is 4.20. The summed E-state index contributed by atoms with van der Waals surface area (Å²) in [5, 5.41) is 13.8. The number of hydrogen-bond acceptors (Lipinski definition) is 4. The van der Waals surface area contributed by atoms with E-state index in [-0.39, 0.29) is 18.1 Å². The first-order chi connectivity index (χ1) is 15.5. The molecule has 32 heavy (non-hydrogen) atoms. The summed E-state index contributed by atoms with van der Waals surface area (Å²) in [6.45, 7) is 0. The van der Waals surface area contributed by atoms with E-state index in [1.165, 1.54) is 11.8 Å². The number of thioether (sulfide) groups is 1. The summed E-state index contributed by atoms with van der Waals surface area (Å²) < 4.78 is 0. The second-order valence-electron chi connectivity index (χ2n) is 6.95. The maximum atomic E-state index is 13.0. The third-order valence-electron chi connectivity index (χ3n) is 4.95. The number of Topliss-reactive ketones (excluding diaryl/α,β-unsaturated/α-hetero) is 1. The number of rotatable bonds is 8. The zero-order valence-corrected chi connectivity index (χ0v) is 19.0. The van der Waals surface area contributed by atoms with E-state index in [1.807, 2.05) is 18.2 Å². The van der Waals surface area contributed by atoms with Crippen molar-refractivity contribution in [1.82, 2.24) is 5.32 Å². The van der Waals surface area contributed by atoms with Crippen LogP contribution >= 0.6 is 23.4 Å². The van der Waals surface area contributed by atoms with Gasteiger partial charge >= 0.3 is 0 Å². The third-order valence-corrected chi connectivity index (χ3v) is 6.02. The fourth-order valence-electron chi connectivity index (χ4n) is 3.33. The van der Waals surface area contributed by atoms with Crippen LogP contribution in [-0.4, -0.2) is 17.9 Å². The van der Waals surface area contributed by atoms with E-state index >= 15 is 0 Å². The van der Waals surface area contributed by atoms with Gasteiger partial charge in [0.2, 0.25) is 0 Å². The largest absolute Gasteiger partial charge is 0.316 e. The van der Waals surface area contributed by atoms with Crippen molar-refractivity contribution in [1.29, 1.82) is 5.26 Å². The van der Waals surface area contributed by atoms with Crippen LogP contribution in [0.5, 0.6) is 0 Å². The predicted octanol–water partition coefficient (Wildman–Crippen LogP) is 6.22. The predicted molar refractivity (Wildman–Crippen MR) is 130 cm³/mol. The lowest BCUT2D eigenvalue weighted by molar-refractivity contribution is 0.0966. The highest BCUT2D eigenvalue weighted by Gasteiger charge is 2.27. The van der Waals surface area contributed by atoms with Crippen LogP contribution in [0.3, 0.4) is 0 Å². The Bertz CT molecular complexity index is 1170. The number of hydrogen-bond donors (Lipinski definition) is 1. The van der Waals surface area contributed by atoms with Crippen LogP contribution < -0.4 is 5.32 Å². The minimum absolute atomic E-state index is 0.0436. The average molecular weight is 461 g/mol. The number of ketones is 1. The number of carbonyl (C=O) groups excluding carboxylic acids is 2. The highest BCUT2D eigenvalue weighted by Crippen LogP contribution is 2.36. The van der Waals surface area contributed by atoms with E-state index in [9.17, 15) is 14.9 Å². The molecule has 6 heteroatoms. The smallest absolute Gasteiger partial charge is 0.256 e. The van der Waals surface area contributed by atoms with Crippen LogP contribution in [0.15, 0.2) is 95.5 Å². The van der Waals surface area contributed by atoms with Gasteiger partial charge in [-0.3, -0.25) is 9.59 Å². The van der Waals surface area contributed by atoms with Gasteiger partial charge in [0.05, 0.1) is 16.7 Å². The molecule has 0 saturated heterocycles. The molecular formula is C26H21ClN2O2S. The number of carbonyl (C=O) groups is 2. The molecule has 3 aromatic carbocycles. The molecule has 0 aromatic heterocycles. The summed E-state index contributed by atoms with van der Waals surface area (Å²) in [5.41, 5.74) is 1.99. The standard InChI is InChI=1S/C26H21ClN2O2S/c1-32-26(29-25(31)19-12-6-3-7-13-19)22(17-28)21(20-14-8-9-15-23(20)27)16-24(30)18-10-4-2-5-11-18/h2-15,21H,16H2,1H3,(H,29,31)/b26-22+/t21-/m0/s1. The molecule has 3 rings (SSSR count). The fraction of sp³-hybridized carbons (Fsp3) is 0.115. The van der Waals surface area contributed by atoms with Crippen molar-refractivity contribution in [3.63, 3.8) is 0 Å². The van der Waals surface area contributed by atoms with Gasteiger partial charge in [-0.1, -0.05) is 78.3 Å². The molecule has 160 valence electrons. The Kier molecular flexibility index (Phi) is 8.27. The summed E-state index contributed by atoms with van der Waals surface area (Å²) in [7, 11) is 0. The Hall–Kier alpha value is -3.33. The van der Waals surface area contributed by atoms with Crippen molar-refractivity contribution in [2.24, 2.45) is 0 Å². The molecule has 0 saturated carbocycles. The van der Waals surface area contributed by atoms with Crippen LogP contribution in [-0.2, 0) is 0 Å². The molecule has 0 spiro atoms. The second kappa shape index (κ2) is 11.3. The van der Waals surface area contributed by atoms with Crippen LogP contribution in [0, 0.1) is 11.3 Å². The van der Waals surface area contributed by atoms with E-state index < -0.39 is 5.92 Å². The zero-order valence-electron chi connectivity index (χ0n) is 17.4. The van der Waals surface area contributed by atoms with Gasteiger partial charge in [0.1, 0.15) is 0 Å². The Labute approximate surface area is 196 Å². The number of benzene rings is 3. The van der Waals surface area contributed by atoms with Gasteiger partial charge in [-0.15, -0.1) is 11.8 Å². The first kappa shape index (κ1) is 23.3. The van der Waals surface area contributed by atoms with E-state index in [2.05, 4.69) is 11.4 Å². The number of allylic oxidation sites excluding steroid dienone is 1. The minimum Gasteiger partial charge on any atom is -0.316 e. The first-order valence-electron chi connectivity index (χ1n) is 9.92. The monoisotopic (exact) mass is 460 g/mol. The van der Waals surface area contributed by atoms with Gasteiger partial charge in [0.25, 0.3) is 5.91 Å². The molecule has 0 fully saturated rings. The number of nitrogens with zero attached hydrogens (tertiary/aromatic N) is 1. The summed E-state index contributed by atoms with van der Waals surface area (Å²) in [6, 6.07) is 27.1. The van der Waals surface area contributed by atoms with Crippen molar-refractivity contribution in [2.75, 3.05) is 6.26 Å². The Morgan fingerprint density at radius 3 is 2.06 bits per heavy atom. The molecule has 0 bridgehead atoms. The van der Waals surface area contributed by atoms with E-state index in [4.69, 9.17) is 11.6 Å². The summed E-state index contributed by atoms with van der Waals surface area (Å²) in [6.07, 6.45) is 1.82. The van der Waals surface area contributed by atoms with Crippen LogP contribution in [0.1, 0.15) is 38.6 Å². The van der Waals surface area contributed by atoms with Crippen molar-refractivity contribution >= 4 is 35.1 Å². The van der Waals surface area contributed by atoms with Gasteiger partial charge in [-0.05, 0) is 30.0 Å². The normalized spacial score (nSPS) is 12.3. The van der Waals surface area contributed by atoms with Gasteiger partial charge in [-0.25, -0.2) is 0 Å². The lowest BCUT2D eigenvalue weighted by atomic mass is 9.86. The molecule has 0 unspecified atom stereocenters. The van der Waals surface area contributed by atoms with Crippen LogP contribution in [0.2, 0.25) is 5.02 Å². The van der Waals surface area contributed by atoms with Crippen molar-refractivity contribution in [3.05, 3.63) is 117 Å². The van der Waals surface area contributed by atoms with Gasteiger partial charge < -0.3 is 5.32 Å². The number of nitriles is 1. The lowest BCUT2D eigenvalue weighted by Crippen LogP contribution is -2.24. The Morgan fingerprint density at radius 2 is 1.50 bits per heavy atom. The topological polar surface area (TPSA) is 70.0 Å². The highest BCUT2D eigenvalue weighted by molar-refractivity contribution is 8.02. The molecule has 4 nitrogen and oxygen atoms in total.